The molecule has 0 aromatic carbocycles. The number of hydrogen-bond donors (Lipinski definition) is 1. The van der Waals surface area contributed by atoms with Crippen LogP contribution in [0.4, 0.5) is 0 Å². The highest BCUT2D eigenvalue weighted by Crippen LogP contribution is 2.33. The maximum Gasteiger partial charge on any atom is 0.0546 e. The minimum Gasteiger partial charge on any atom is -0.381 e. The molecule has 2 aliphatic heterocycles. The van der Waals surface area contributed by atoms with Gasteiger partial charge in [-0.3, -0.25) is 0 Å². The molecule has 2 saturated heterocycles. The third-order valence-electron chi connectivity index (χ3n) is 5.32. The molecule has 0 bridgehead atoms. The van der Waals surface area contributed by atoms with Gasteiger partial charge < -0.3 is 15.0 Å². The van der Waals surface area contributed by atoms with Crippen molar-refractivity contribution in [3.63, 3.8) is 0 Å². The lowest BCUT2D eigenvalue weighted by Gasteiger charge is -2.41. The van der Waals surface area contributed by atoms with Crippen LogP contribution in [-0.4, -0.2) is 50.8 Å². The van der Waals surface area contributed by atoms with E-state index in [0.717, 1.165) is 26.3 Å². The molecule has 0 aliphatic carbocycles. The standard InChI is InChI=1S/C18H36N2O/c1-4-10-19-14-18(8-6-13-21-16-18)15-20-11-5-7-17(2,3)9-12-20/h19H,4-16H2,1-3H3. The predicted octanol–water partition coefficient (Wildman–Crippen LogP) is 3.29. The van der Waals surface area contributed by atoms with E-state index in [-0.39, 0.29) is 0 Å². The normalized spacial score (nSPS) is 31.0. The molecule has 1 N–H and O–H groups in total. The number of ether oxygens (including phenoxy) is 1. The van der Waals surface area contributed by atoms with Gasteiger partial charge >= 0.3 is 0 Å². The molecule has 2 fully saturated rings. The first kappa shape index (κ1) is 17.2. The van der Waals surface area contributed by atoms with Gasteiger partial charge in [-0.15, -0.1) is 0 Å². The monoisotopic (exact) mass is 296 g/mol. The number of nitrogens with one attached hydrogen (secondary N) is 1. The molecule has 2 heterocycles. The van der Waals surface area contributed by atoms with Crippen LogP contribution < -0.4 is 5.32 Å². The molecule has 0 aromatic rings. The Morgan fingerprint density at radius 3 is 2.67 bits per heavy atom. The zero-order valence-electron chi connectivity index (χ0n) is 14.5. The first-order valence-electron chi connectivity index (χ1n) is 9.06. The SMILES string of the molecule is CCCNCC1(CN2CCCC(C)(C)CC2)CCCOC1. The van der Waals surface area contributed by atoms with Crippen molar-refractivity contribution in [3.8, 4) is 0 Å². The van der Waals surface area contributed by atoms with Crippen molar-refractivity contribution in [1.29, 1.82) is 0 Å². The summed E-state index contributed by atoms with van der Waals surface area (Å²) in [4.78, 5) is 2.72. The third-order valence-corrected chi connectivity index (χ3v) is 5.32. The predicted molar refractivity (Wildman–Crippen MR) is 89.7 cm³/mol. The largest absolute Gasteiger partial charge is 0.381 e. The Morgan fingerprint density at radius 2 is 1.95 bits per heavy atom. The van der Waals surface area contributed by atoms with E-state index in [1.165, 1.54) is 58.2 Å². The molecule has 2 rings (SSSR count). The number of likely N-dealkylation sites (tertiary alicyclic amines) is 1. The van der Waals surface area contributed by atoms with Gasteiger partial charge in [-0.2, -0.15) is 0 Å². The van der Waals surface area contributed by atoms with Gasteiger partial charge in [-0.05, 0) is 63.6 Å². The van der Waals surface area contributed by atoms with Crippen LogP contribution in [0.5, 0.6) is 0 Å². The van der Waals surface area contributed by atoms with E-state index in [1.807, 2.05) is 0 Å². The summed E-state index contributed by atoms with van der Waals surface area (Å²) in [5.41, 5.74) is 0.882. The highest BCUT2D eigenvalue weighted by atomic mass is 16.5. The highest BCUT2D eigenvalue weighted by Gasteiger charge is 2.35. The molecule has 2 aliphatic rings. The lowest BCUT2D eigenvalue weighted by Crippen LogP contribution is -2.49. The first-order valence-corrected chi connectivity index (χ1v) is 9.06. The molecule has 0 aromatic heterocycles. The lowest BCUT2D eigenvalue weighted by atomic mass is 9.81. The van der Waals surface area contributed by atoms with Gasteiger partial charge in [0.1, 0.15) is 0 Å². The number of nitrogens with zero attached hydrogens (tertiary/aromatic N) is 1. The van der Waals surface area contributed by atoms with Crippen LogP contribution in [0.3, 0.4) is 0 Å². The molecule has 0 spiro atoms. The minimum absolute atomic E-state index is 0.349. The smallest absolute Gasteiger partial charge is 0.0546 e. The van der Waals surface area contributed by atoms with Gasteiger partial charge in [0, 0.05) is 25.1 Å². The average Bonchev–Trinajstić information content (AvgIpc) is 2.62. The molecule has 1 atom stereocenters. The van der Waals surface area contributed by atoms with Crippen LogP contribution in [0.2, 0.25) is 0 Å². The second kappa shape index (κ2) is 7.94. The van der Waals surface area contributed by atoms with Crippen LogP contribution in [-0.2, 0) is 4.74 Å². The topological polar surface area (TPSA) is 24.5 Å². The van der Waals surface area contributed by atoms with E-state index in [0.29, 0.717) is 10.8 Å². The van der Waals surface area contributed by atoms with Gasteiger partial charge in [-0.25, -0.2) is 0 Å². The molecule has 21 heavy (non-hydrogen) atoms. The van der Waals surface area contributed by atoms with Crippen molar-refractivity contribution in [2.75, 3.05) is 45.9 Å². The van der Waals surface area contributed by atoms with Crippen molar-refractivity contribution in [2.45, 2.75) is 59.3 Å². The molecule has 3 nitrogen and oxygen atoms in total. The zero-order chi connectivity index (χ0) is 15.2. The summed E-state index contributed by atoms with van der Waals surface area (Å²) in [6.07, 6.45) is 7.84. The minimum atomic E-state index is 0.349. The second-order valence-corrected chi connectivity index (χ2v) is 8.13. The van der Waals surface area contributed by atoms with E-state index in [9.17, 15) is 0 Å². The van der Waals surface area contributed by atoms with Gasteiger partial charge in [-0.1, -0.05) is 20.8 Å². The fraction of sp³-hybridized carbons (Fsp3) is 1.00. The Balaban J connectivity index is 1.91. The Morgan fingerprint density at radius 1 is 1.10 bits per heavy atom. The van der Waals surface area contributed by atoms with Crippen molar-refractivity contribution in [2.24, 2.45) is 10.8 Å². The van der Waals surface area contributed by atoms with E-state index >= 15 is 0 Å². The van der Waals surface area contributed by atoms with Crippen molar-refractivity contribution in [1.82, 2.24) is 10.2 Å². The molecule has 3 heteroatoms. The molecule has 124 valence electrons. The van der Waals surface area contributed by atoms with Crippen LogP contribution >= 0.6 is 0 Å². The fourth-order valence-corrected chi connectivity index (χ4v) is 3.87. The molecular formula is C18H36N2O. The van der Waals surface area contributed by atoms with Crippen molar-refractivity contribution < 1.29 is 4.74 Å². The maximum absolute atomic E-state index is 5.86. The Bertz CT molecular complexity index is 298. The van der Waals surface area contributed by atoms with E-state index in [1.54, 1.807) is 0 Å². The number of rotatable bonds is 6. The van der Waals surface area contributed by atoms with Crippen molar-refractivity contribution in [3.05, 3.63) is 0 Å². The van der Waals surface area contributed by atoms with Gasteiger partial charge in [0.15, 0.2) is 0 Å². The second-order valence-electron chi connectivity index (χ2n) is 8.13. The van der Waals surface area contributed by atoms with Crippen LogP contribution in [0.15, 0.2) is 0 Å². The van der Waals surface area contributed by atoms with Gasteiger partial charge in [0.2, 0.25) is 0 Å². The Labute approximate surface area is 131 Å². The molecule has 1 unspecified atom stereocenters. The third kappa shape index (κ3) is 5.54. The van der Waals surface area contributed by atoms with E-state index in [2.05, 4.69) is 31.0 Å². The molecule has 0 saturated carbocycles. The maximum atomic E-state index is 5.86. The summed E-state index contributed by atoms with van der Waals surface area (Å²) >= 11 is 0. The summed E-state index contributed by atoms with van der Waals surface area (Å²) in [5, 5.41) is 3.66. The molecule has 0 amide bonds. The fourth-order valence-electron chi connectivity index (χ4n) is 3.87. The summed E-state index contributed by atoms with van der Waals surface area (Å²) in [6.45, 7) is 15.0. The van der Waals surface area contributed by atoms with E-state index < -0.39 is 0 Å². The van der Waals surface area contributed by atoms with Crippen molar-refractivity contribution >= 4 is 0 Å². The summed E-state index contributed by atoms with van der Waals surface area (Å²) in [7, 11) is 0. The van der Waals surface area contributed by atoms with Crippen LogP contribution in [0, 0.1) is 10.8 Å². The summed E-state index contributed by atoms with van der Waals surface area (Å²) in [6, 6.07) is 0. The Kier molecular flexibility index (Phi) is 6.51. The highest BCUT2D eigenvalue weighted by molar-refractivity contribution is 4.88. The van der Waals surface area contributed by atoms with Crippen LogP contribution in [0.1, 0.15) is 59.3 Å². The molecular weight excluding hydrogens is 260 g/mol. The van der Waals surface area contributed by atoms with Gasteiger partial charge in [0.05, 0.1) is 6.61 Å². The average molecular weight is 296 g/mol. The number of hydrogen-bond acceptors (Lipinski definition) is 3. The first-order chi connectivity index (χ1) is 10.1. The summed E-state index contributed by atoms with van der Waals surface area (Å²) < 4.78 is 5.86. The Hall–Kier alpha value is -0.120. The summed E-state index contributed by atoms with van der Waals surface area (Å²) in [5.74, 6) is 0. The van der Waals surface area contributed by atoms with Gasteiger partial charge in [0.25, 0.3) is 0 Å². The lowest BCUT2D eigenvalue weighted by molar-refractivity contribution is -0.0259. The van der Waals surface area contributed by atoms with E-state index in [4.69, 9.17) is 4.74 Å². The quantitative estimate of drug-likeness (QED) is 0.761. The zero-order valence-corrected chi connectivity index (χ0v) is 14.5. The van der Waals surface area contributed by atoms with Crippen LogP contribution in [0.25, 0.3) is 0 Å². The molecule has 0 radical (unpaired) electrons.